The number of aromatic nitrogens is 1. The van der Waals surface area contributed by atoms with Crippen LogP contribution in [0, 0.1) is 0 Å². The lowest BCUT2D eigenvalue weighted by Crippen LogP contribution is -2.55. The molecule has 2 N–H and O–H groups in total. The molecule has 21 heavy (non-hydrogen) atoms. The second kappa shape index (κ2) is 7.61. The molecule has 1 heterocycles. The number of hydrogen-bond acceptors (Lipinski definition) is 3. The molecule has 0 aliphatic heterocycles. The van der Waals surface area contributed by atoms with Gasteiger partial charge in [0.1, 0.15) is 5.54 Å². The van der Waals surface area contributed by atoms with Crippen LogP contribution >= 0.6 is 0 Å². The quantitative estimate of drug-likeness (QED) is 0.807. The zero-order valence-corrected chi connectivity index (χ0v) is 12.8. The van der Waals surface area contributed by atoms with Crippen molar-refractivity contribution in [2.45, 2.75) is 45.7 Å². The van der Waals surface area contributed by atoms with E-state index in [-0.39, 0.29) is 6.03 Å². The largest absolute Gasteiger partial charge is 0.480 e. The minimum atomic E-state index is -1.24. The van der Waals surface area contributed by atoms with Crippen molar-refractivity contribution in [3.63, 3.8) is 0 Å². The topological polar surface area (TPSA) is 82.5 Å². The minimum absolute atomic E-state index is 0.368. The van der Waals surface area contributed by atoms with E-state index in [9.17, 15) is 14.7 Å². The molecule has 0 aromatic carbocycles. The van der Waals surface area contributed by atoms with Gasteiger partial charge in [-0.25, -0.2) is 9.59 Å². The summed E-state index contributed by atoms with van der Waals surface area (Å²) in [6, 6.07) is 3.30. The molecule has 1 unspecified atom stereocenters. The van der Waals surface area contributed by atoms with E-state index in [4.69, 9.17) is 0 Å². The van der Waals surface area contributed by atoms with Gasteiger partial charge in [-0.3, -0.25) is 4.98 Å². The Morgan fingerprint density at radius 2 is 1.95 bits per heavy atom. The van der Waals surface area contributed by atoms with Gasteiger partial charge in [0.05, 0.1) is 0 Å². The van der Waals surface area contributed by atoms with Gasteiger partial charge in [0.15, 0.2) is 0 Å². The van der Waals surface area contributed by atoms with E-state index in [0.29, 0.717) is 25.9 Å². The average Bonchev–Trinajstić information content (AvgIpc) is 2.45. The summed E-state index contributed by atoms with van der Waals surface area (Å²) in [5.74, 6) is -1.02. The third-order valence-corrected chi connectivity index (χ3v) is 3.40. The van der Waals surface area contributed by atoms with E-state index < -0.39 is 11.5 Å². The van der Waals surface area contributed by atoms with Crippen LogP contribution in [0.25, 0.3) is 0 Å². The highest BCUT2D eigenvalue weighted by atomic mass is 16.4. The first-order valence-corrected chi connectivity index (χ1v) is 7.12. The molecule has 1 aromatic rings. The van der Waals surface area contributed by atoms with Crippen LogP contribution in [0.2, 0.25) is 0 Å². The van der Waals surface area contributed by atoms with Gasteiger partial charge < -0.3 is 15.3 Å². The van der Waals surface area contributed by atoms with E-state index in [2.05, 4.69) is 10.3 Å². The third-order valence-electron chi connectivity index (χ3n) is 3.40. The highest BCUT2D eigenvalue weighted by Gasteiger charge is 2.34. The summed E-state index contributed by atoms with van der Waals surface area (Å²) in [7, 11) is 0. The van der Waals surface area contributed by atoms with Crippen molar-refractivity contribution in [3.8, 4) is 0 Å². The number of nitrogens with zero attached hydrogens (tertiary/aromatic N) is 2. The first-order chi connectivity index (χ1) is 9.92. The number of amides is 2. The smallest absolute Gasteiger partial charge is 0.329 e. The Kier molecular flexibility index (Phi) is 6.14. The molecule has 0 aliphatic rings. The Hall–Kier alpha value is -2.11. The molecule has 0 spiro atoms. The molecule has 1 aromatic heterocycles. The van der Waals surface area contributed by atoms with E-state index in [1.807, 2.05) is 26.0 Å². The van der Waals surface area contributed by atoms with Crippen LogP contribution in [0.15, 0.2) is 24.5 Å². The third kappa shape index (κ3) is 4.73. The predicted octanol–water partition coefficient (Wildman–Crippen LogP) is 2.26. The molecule has 2 amide bonds. The van der Waals surface area contributed by atoms with Crippen LogP contribution in [0.4, 0.5) is 4.79 Å². The van der Waals surface area contributed by atoms with Crippen molar-refractivity contribution in [2.24, 2.45) is 0 Å². The molecule has 0 saturated heterocycles. The number of pyridine rings is 1. The second-order valence-corrected chi connectivity index (χ2v) is 5.19. The van der Waals surface area contributed by atoms with Crippen molar-refractivity contribution >= 4 is 12.0 Å². The van der Waals surface area contributed by atoms with Crippen LogP contribution in [0.3, 0.4) is 0 Å². The molecular formula is C15H23N3O3. The van der Waals surface area contributed by atoms with Gasteiger partial charge in [-0.15, -0.1) is 0 Å². The number of rotatable bonds is 7. The first kappa shape index (κ1) is 16.9. The molecule has 0 saturated carbocycles. The first-order valence-electron chi connectivity index (χ1n) is 7.12. The summed E-state index contributed by atoms with van der Waals surface area (Å²) in [5.41, 5.74) is -0.285. The van der Waals surface area contributed by atoms with Gasteiger partial charge in [-0.2, -0.15) is 0 Å². The number of urea groups is 1. The summed E-state index contributed by atoms with van der Waals surface area (Å²) >= 11 is 0. The summed E-state index contributed by atoms with van der Waals surface area (Å²) < 4.78 is 0. The molecule has 6 nitrogen and oxygen atoms in total. The predicted molar refractivity (Wildman–Crippen MR) is 79.8 cm³/mol. The molecule has 0 radical (unpaired) electrons. The Morgan fingerprint density at radius 1 is 1.33 bits per heavy atom. The number of nitrogens with one attached hydrogen (secondary N) is 1. The highest BCUT2D eigenvalue weighted by Crippen LogP contribution is 2.14. The zero-order chi connectivity index (χ0) is 15.9. The molecule has 0 bridgehead atoms. The maximum absolute atomic E-state index is 12.3. The molecule has 0 fully saturated rings. The Labute approximate surface area is 125 Å². The van der Waals surface area contributed by atoms with Crippen LogP contribution in [-0.2, 0) is 11.3 Å². The SMILES string of the molecule is CCCC(C)(NC(=O)N(CC)Cc1ccncc1)C(=O)O. The average molecular weight is 293 g/mol. The van der Waals surface area contributed by atoms with E-state index in [1.54, 1.807) is 17.3 Å². The highest BCUT2D eigenvalue weighted by molar-refractivity contribution is 5.85. The standard InChI is InChI=1S/C15H23N3O3/c1-4-8-15(3,13(19)20)17-14(21)18(5-2)11-12-6-9-16-10-7-12/h6-7,9-10H,4-5,8,11H2,1-3H3,(H,17,21)(H,19,20). The molecular weight excluding hydrogens is 270 g/mol. The number of carboxylic acid groups (broad SMARTS) is 1. The molecule has 1 atom stereocenters. The summed E-state index contributed by atoms with van der Waals surface area (Å²) in [6.07, 6.45) is 4.40. The minimum Gasteiger partial charge on any atom is -0.480 e. The molecule has 1 rings (SSSR count). The van der Waals surface area contributed by atoms with Gasteiger partial charge in [0, 0.05) is 25.5 Å². The normalized spacial score (nSPS) is 13.3. The van der Waals surface area contributed by atoms with E-state index in [0.717, 1.165) is 5.56 Å². The fourth-order valence-electron chi connectivity index (χ4n) is 2.07. The Bertz CT molecular complexity index is 478. The van der Waals surface area contributed by atoms with Crippen molar-refractivity contribution in [3.05, 3.63) is 30.1 Å². The maximum Gasteiger partial charge on any atom is 0.329 e. The summed E-state index contributed by atoms with van der Waals surface area (Å²) in [4.78, 5) is 29.2. The maximum atomic E-state index is 12.3. The fraction of sp³-hybridized carbons (Fsp3) is 0.533. The lowest BCUT2D eigenvalue weighted by atomic mass is 9.96. The number of carbonyl (C=O) groups excluding carboxylic acids is 1. The van der Waals surface area contributed by atoms with Gasteiger partial charge >= 0.3 is 12.0 Å². The van der Waals surface area contributed by atoms with Gasteiger partial charge in [-0.1, -0.05) is 13.3 Å². The van der Waals surface area contributed by atoms with Crippen LogP contribution in [0.5, 0.6) is 0 Å². The summed E-state index contributed by atoms with van der Waals surface area (Å²) in [5, 5.41) is 12.0. The molecule has 0 aliphatic carbocycles. The van der Waals surface area contributed by atoms with Gasteiger partial charge in [0.25, 0.3) is 0 Å². The van der Waals surface area contributed by atoms with Crippen LogP contribution in [0.1, 0.15) is 39.2 Å². The van der Waals surface area contributed by atoms with Gasteiger partial charge in [-0.05, 0) is 38.0 Å². The van der Waals surface area contributed by atoms with Crippen LogP contribution in [-0.4, -0.2) is 39.1 Å². The Morgan fingerprint density at radius 3 is 2.43 bits per heavy atom. The van der Waals surface area contributed by atoms with Crippen LogP contribution < -0.4 is 5.32 Å². The number of carboxylic acids is 1. The lowest BCUT2D eigenvalue weighted by molar-refractivity contribution is -0.144. The lowest BCUT2D eigenvalue weighted by Gasteiger charge is -2.30. The molecule has 116 valence electrons. The van der Waals surface area contributed by atoms with Crippen molar-refractivity contribution in [2.75, 3.05) is 6.54 Å². The number of carbonyl (C=O) groups is 2. The summed E-state index contributed by atoms with van der Waals surface area (Å²) in [6.45, 7) is 6.21. The second-order valence-electron chi connectivity index (χ2n) is 5.19. The van der Waals surface area contributed by atoms with Crippen molar-refractivity contribution in [1.29, 1.82) is 0 Å². The van der Waals surface area contributed by atoms with Gasteiger partial charge in [0.2, 0.25) is 0 Å². The molecule has 6 heteroatoms. The monoisotopic (exact) mass is 293 g/mol. The van der Waals surface area contributed by atoms with E-state index >= 15 is 0 Å². The Balaban J connectivity index is 2.76. The van der Waals surface area contributed by atoms with E-state index in [1.165, 1.54) is 6.92 Å². The number of hydrogen-bond donors (Lipinski definition) is 2. The fourth-order valence-corrected chi connectivity index (χ4v) is 2.07. The van der Waals surface area contributed by atoms with Crippen molar-refractivity contribution in [1.82, 2.24) is 15.2 Å². The number of aliphatic carboxylic acids is 1. The van der Waals surface area contributed by atoms with Crippen molar-refractivity contribution < 1.29 is 14.7 Å². The zero-order valence-electron chi connectivity index (χ0n) is 12.8.